The summed E-state index contributed by atoms with van der Waals surface area (Å²) in [5.74, 6) is 0.0605. The maximum absolute atomic E-state index is 12.6. The van der Waals surface area contributed by atoms with Gasteiger partial charge in [0.1, 0.15) is 4.90 Å². The van der Waals surface area contributed by atoms with Crippen molar-refractivity contribution in [2.45, 2.75) is 23.8 Å². The van der Waals surface area contributed by atoms with Crippen molar-refractivity contribution in [2.24, 2.45) is 0 Å². The molecule has 0 radical (unpaired) electrons. The number of pyridine rings is 1. The molecule has 1 saturated heterocycles. The van der Waals surface area contributed by atoms with Crippen molar-refractivity contribution >= 4 is 33.4 Å². The van der Waals surface area contributed by atoms with E-state index in [4.69, 9.17) is 4.74 Å². The quantitative estimate of drug-likeness (QED) is 0.721. The van der Waals surface area contributed by atoms with Gasteiger partial charge >= 0.3 is 0 Å². The van der Waals surface area contributed by atoms with E-state index in [1.165, 1.54) is 28.3 Å². The van der Waals surface area contributed by atoms with Crippen molar-refractivity contribution in [1.82, 2.24) is 9.29 Å². The summed E-state index contributed by atoms with van der Waals surface area (Å²) in [4.78, 5) is 16.6. The van der Waals surface area contributed by atoms with E-state index in [-0.39, 0.29) is 16.6 Å². The molecule has 0 atom stereocenters. The molecule has 7 nitrogen and oxygen atoms in total. The monoisotopic (exact) mass is 421 g/mol. The first-order chi connectivity index (χ1) is 13.4. The Hall–Kier alpha value is -1.94. The minimum atomic E-state index is -3.56. The van der Waals surface area contributed by atoms with E-state index in [2.05, 4.69) is 10.3 Å². The fraction of sp³-hybridized carbons (Fsp3) is 0.368. The Morgan fingerprint density at radius 1 is 1.18 bits per heavy atom. The number of aromatic nitrogens is 1. The van der Waals surface area contributed by atoms with Gasteiger partial charge in [0.15, 0.2) is 0 Å². The van der Waals surface area contributed by atoms with Crippen molar-refractivity contribution in [3.63, 3.8) is 0 Å². The van der Waals surface area contributed by atoms with Crippen LogP contribution in [0.3, 0.4) is 0 Å². The SMILES string of the molecule is Cc1cccc(C)c1NC(=O)CSc1ccc(S(=O)(=O)N2CCOCC2)cn1. The van der Waals surface area contributed by atoms with E-state index in [0.29, 0.717) is 31.3 Å². The van der Waals surface area contributed by atoms with Gasteiger partial charge in [0.25, 0.3) is 0 Å². The lowest BCUT2D eigenvalue weighted by Crippen LogP contribution is -2.40. The maximum Gasteiger partial charge on any atom is 0.244 e. The highest BCUT2D eigenvalue weighted by Crippen LogP contribution is 2.22. The molecule has 1 aromatic carbocycles. The summed E-state index contributed by atoms with van der Waals surface area (Å²) in [7, 11) is -3.56. The average molecular weight is 422 g/mol. The van der Waals surface area contributed by atoms with E-state index in [1.54, 1.807) is 6.07 Å². The van der Waals surface area contributed by atoms with Gasteiger partial charge in [-0.3, -0.25) is 4.79 Å². The standard InChI is InChI=1S/C19H23N3O4S2/c1-14-4-3-5-15(2)19(14)21-17(23)13-27-18-7-6-16(12-20-18)28(24,25)22-8-10-26-11-9-22/h3-7,12H,8-11,13H2,1-2H3,(H,21,23). The van der Waals surface area contributed by atoms with Crippen LogP contribution in [0.15, 0.2) is 46.5 Å². The summed E-state index contributed by atoms with van der Waals surface area (Å²) in [5, 5.41) is 3.52. The lowest BCUT2D eigenvalue weighted by molar-refractivity contribution is -0.113. The van der Waals surface area contributed by atoms with Crippen LogP contribution in [0.5, 0.6) is 0 Å². The molecular weight excluding hydrogens is 398 g/mol. The lowest BCUT2D eigenvalue weighted by atomic mass is 10.1. The highest BCUT2D eigenvalue weighted by atomic mass is 32.2. The van der Waals surface area contributed by atoms with Crippen LogP contribution in [0.25, 0.3) is 0 Å². The number of anilines is 1. The number of carbonyl (C=O) groups is 1. The minimum Gasteiger partial charge on any atom is -0.379 e. The van der Waals surface area contributed by atoms with E-state index < -0.39 is 10.0 Å². The number of benzene rings is 1. The van der Waals surface area contributed by atoms with Gasteiger partial charge in [0.2, 0.25) is 15.9 Å². The molecular formula is C19H23N3O4S2. The molecule has 1 N–H and O–H groups in total. The zero-order valence-corrected chi connectivity index (χ0v) is 17.5. The number of nitrogens with one attached hydrogen (secondary N) is 1. The summed E-state index contributed by atoms with van der Waals surface area (Å²) in [6.45, 7) is 5.39. The van der Waals surface area contributed by atoms with Crippen LogP contribution in [-0.4, -0.2) is 55.7 Å². The first kappa shape index (κ1) is 20.8. The van der Waals surface area contributed by atoms with Crippen molar-refractivity contribution in [3.05, 3.63) is 47.7 Å². The normalized spacial score (nSPS) is 15.4. The molecule has 0 saturated carbocycles. The van der Waals surface area contributed by atoms with Crippen molar-refractivity contribution in [2.75, 3.05) is 37.4 Å². The van der Waals surface area contributed by atoms with Gasteiger partial charge in [-0.1, -0.05) is 30.0 Å². The van der Waals surface area contributed by atoms with Gasteiger partial charge in [0, 0.05) is 25.0 Å². The number of nitrogens with zero attached hydrogens (tertiary/aromatic N) is 2. The first-order valence-electron chi connectivity index (χ1n) is 8.91. The molecule has 0 aliphatic carbocycles. The third kappa shape index (κ3) is 4.91. The summed E-state index contributed by atoms with van der Waals surface area (Å²) in [6, 6.07) is 9.01. The van der Waals surface area contributed by atoms with Crippen LogP contribution in [0.4, 0.5) is 5.69 Å². The molecule has 2 aromatic rings. The molecule has 0 bridgehead atoms. The lowest BCUT2D eigenvalue weighted by Gasteiger charge is -2.25. The molecule has 0 unspecified atom stereocenters. The first-order valence-corrected chi connectivity index (χ1v) is 11.3. The average Bonchev–Trinajstić information content (AvgIpc) is 2.70. The molecule has 1 fully saturated rings. The topological polar surface area (TPSA) is 88.6 Å². The van der Waals surface area contributed by atoms with Gasteiger partial charge < -0.3 is 10.1 Å². The molecule has 1 amide bonds. The van der Waals surface area contributed by atoms with Gasteiger partial charge in [-0.15, -0.1) is 0 Å². The second-order valence-electron chi connectivity index (χ2n) is 6.45. The molecule has 1 aromatic heterocycles. The number of sulfonamides is 1. The number of amides is 1. The van der Waals surface area contributed by atoms with Crippen LogP contribution in [0, 0.1) is 13.8 Å². The third-order valence-corrected chi connectivity index (χ3v) is 7.24. The number of hydrogen-bond acceptors (Lipinski definition) is 6. The number of aryl methyl sites for hydroxylation is 2. The van der Waals surface area contributed by atoms with Crippen molar-refractivity contribution in [1.29, 1.82) is 0 Å². The Morgan fingerprint density at radius 3 is 2.46 bits per heavy atom. The molecule has 1 aliphatic heterocycles. The maximum atomic E-state index is 12.6. The summed E-state index contributed by atoms with van der Waals surface area (Å²) in [6.07, 6.45) is 1.34. The number of rotatable bonds is 6. The zero-order chi connectivity index (χ0) is 20.1. The van der Waals surface area contributed by atoms with E-state index in [9.17, 15) is 13.2 Å². The van der Waals surface area contributed by atoms with Gasteiger partial charge in [-0.2, -0.15) is 4.31 Å². The zero-order valence-electron chi connectivity index (χ0n) is 15.8. The van der Waals surface area contributed by atoms with Crippen molar-refractivity contribution < 1.29 is 17.9 Å². The predicted molar refractivity (Wildman–Crippen MR) is 109 cm³/mol. The Labute approximate surface area is 169 Å². The summed E-state index contributed by atoms with van der Waals surface area (Å²) in [5.41, 5.74) is 2.84. The second-order valence-corrected chi connectivity index (χ2v) is 9.39. The number of carbonyl (C=O) groups excluding carboxylic acids is 1. The highest BCUT2D eigenvalue weighted by molar-refractivity contribution is 7.99. The Balaban J connectivity index is 1.59. The van der Waals surface area contributed by atoms with Gasteiger partial charge in [-0.25, -0.2) is 13.4 Å². The van der Waals surface area contributed by atoms with Crippen LogP contribution in [0.1, 0.15) is 11.1 Å². The van der Waals surface area contributed by atoms with Crippen molar-refractivity contribution in [3.8, 4) is 0 Å². The number of thioether (sulfide) groups is 1. The molecule has 28 heavy (non-hydrogen) atoms. The fourth-order valence-electron chi connectivity index (χ4n) is 2.87. The van der Waals surface area contributed by atoms with E-state index >= 15 is 0 Å². The third-order valence-electron chi connectivity index (χ3n) is 4.41. The molecule has 2 heterocycles. The van der Waals surface area contributed by atoms with Gasteiger partial charge in [0.05, 0.1) is 24.0 Å². The Morgan fingerprint density at radius 2 is 1.86 bits per heavy atom. The van der Waals surface area contributed by atoms with Gasteiger partial charge in [-0.05, 0) is 37.1 Å². The molecule has 3 rings (SSSR count). The van der Waals surface area contributed by atoms with E-state index in [0.717, 1.165) is 16.8 Å². The minimum absolute atomic E-state index is 0.130. The largest absolute Gasteiger partial charge is 0.379 e. The fourth-order valence-corrected chi connectivity index (χ4v) is 4.86. The van der Waals surface area contributed by atoms with E-state index in [1.807, 2.05) is 32.0 Å². The van der Waals surface area contributed by atoms with Crippen LogP contribution in [0.2, 0.25) is 0 Å². The number of ether oxygens (including phenoxy) is 1. The molecule has 1 aliphatic rings. The van der Waals surface area contributed by atoms with Crippen LogP contribution >= 0.6 is 11.8 Å². The summed E-state index contributed by atoms with van der Waals surface area (Å²) >= 11 is 1.26. The molecule has 0 spiro atoms. The van der Waals surface area contributed by atoms with Crippen LogP contribution in [-0.2, 0) is 19.6 Å². The smallest absolute Gasteiger partial charge is 0.244 e. The summed E-state index contributed by atoms with van der Waals surface area (Å²) < 4.78 is 31.8. The van der Waals surface area contributed by atoms with Crippen LogP contribution < -0.4 is 5.32 Å². The second kappa shape index (κ2) is 9.04. The predicted octanol–water partition coefficient (Wildman–Crippen LogP) is 2.45. The Bertz CT molecular complexity index is 920. The number of hydrogen-bond donors (Lipinski definition) is 1. The molecule has 150 valence electrons. The Kier molecular flexibility index (Phi) is 6.71. The number of morpholine rings is 1. The number of para-hydroxylation sites is 1. The highest BCUT2D eigenvalue weighted by Gasteiger charge is 2.26. The molecule has 9 heteroatoms.